The first-order valence-electron chi connectivity index (χ1n) is 7.29. The largest absolute Gasteiger partial charge is 0.360 e. The number of anilines is 1. The molecule has 0 bridgehead atoms. The highest BCUT2D eigenvalue weighted by atomic mass is 32.1. The van der Waals surface area contributed by atoms with Gasteiger partial charge in [-0.3, -0.25) is 4.79 Å². The molecule has 0 radical (unpaired) electrons. The topological polar surface area (TPSA) is 41.1 Å². The number of fused-ring (bicyclic) bond motifs is 2. The molecule has 0 fully saturated rings. The molecule has 0 spiro atoms. The molecule has 3 aromatic rings. The molecule has 22 heavy (non-hydrogen) atoms. The Morgan fingerprint density at radius 3 is 2.68 bits per heavy atom. The van der Waals surface area contributed by atoms with Gasteiger partial charge in [0, 0.05) is 9.58 Å². The molecule has 0 aliphatic carbocycles. The lowest BCUT2D eigenvalue weighted by molar-refractivity contribution is 0.0936. The minimum Gasteiger partial charge on any atom is -0.360 e. The lowest BCUT2D eigenvalue weighted by atomic mass is 10.0. The zero-order valence-electron chi connectivity index (χ0n) is 12.4. The number of rotatable bonds is 1. The van der Waals surface area contributed by atoms with Gasteiger partial charge in [0.15, 0.2) is 0 Å². The highest BCUT2D eigenvalue weighted by molar-refractivity contribution is 7.19. The maximum atomic E-state index is 12.4. The summed E-state index contributed by atoms with van der Waals surface area (Å²) in [6, 6.07) is 14.5. The van der Waals surface area contributed by atoms with Crippen LogP contribution in [0.3, 0.4) is 0 Å². The van der Waals surface area contributed by atoms with Gasteiger partial charge in [0.05, 0.1) is 11.3 Å². The molecule has 4 heteroatoms. The van der Waals surface area contributed by atoms with E-state index < -0.39 is 0 Å². The molecule has 4 rings (SSSR count). The van der Waals surface area contributed by atoms with Gasteiger partial charge in [-0.1, -0.05) is 24.3 Å². The Labute approximate surface area is 133 Å². The highest BCUT2D eigenvalue weighted by Gasteiger charge is 2.27. The maximum Gasteiger partial charge on any atom is 0.255 e. The second kappa shape index (κ2) is 4.85. The second-order valence-electron chi connectivity index (χ2n) is 5.74. The smallest absolute Gasteiger partial charge is 0.255 e. The van der Waals surface area contributed by atoms with Crippen molar-refractivity contribution in [3.05, 3.63) is 64.0 Å². The van der Waals surface area contributed by atoms with Gasteiger partial charge in [-0.25, -0.2) is 0 Å². The van der Waals surface area contributed by atoms with Crippen LogP contribution in [0.25, 0.3) is 10.1 Å². The van der Waals surface area contributed by atoms with Gasteiger partial charge in [0.1, 0.15) is 6.17 Å². The number of amides is 1. The lowest BCUT2D eigenvalue weighted by Crippen LogP contribution is -2.38. The number of carbonyl (C=O) groups is 1. The van der Waals surface area contributed by atoms with E-state index in [1.165, 1.54) is 10.1 Å². The number of carbonyl (C=O) groups excluding carboxylic acids is 1. The Balaban J connectivity index is 1.77. The molecule has 2 N–H and O–H groups in total. The van der Waals surface area contributed by atoms with Crippen LogP contribution in [0.5, 0.6) is 0 Å². The summed E-state index contributed by atoms with van der Waals surface area (Å²) in [4.78, 5) is 13.6. The lowest BCUT2D eigenvalue weighted by Gasteiger charge is -2.28. The number of aryl methyl sites for hydroxylation is 2. The van der Waals surface area contributed by atoms with Crippen molar-refractivity contribution in [2.75, 3.05) is 5.32 Å². The first-order chi connectivity index (χ1) is 10.6. The molecule has 2 heterocycles. The normalized spacial score (nSPS) is 17.0. The predicted octanol–water partition coefficient (Wildman–Crippen LogP) is 4.37. The van der Waals surface area contributed by atoms with Gasteiger partial charge < -0.3 is 10.6 Å². The van der Waals surface area contributed by atoms with Gasteiger partial charge in [0.25, 0.3) is 5.91 Å². The van der Waals surface area contributed by atoms with Crippen LogP contribution in [0.2, 0.25) is 0 Å². The minimum atomic E-state index is -0.168. The Hall–Kier alpha value is -2.33. The van der Waals surface area contributed by atoms with Crippen LogP contribution in [0.1, 0.15) is 32.5 Å². The second-order valence-corrected chi connectivity index (χ2v) is 6.86. The van der Waals surface area contributed by atoms with Gasteiger partial charge in [-0.2, -0.15) is 0 Å². The molecule has 1 aliphatic heterocycles. The van der Waals surface area contributed by atoms with Crippen LogP contribution in [-0.2, 0) is 0 Å². The third kappa shape index (κ3) is 2.07. The van der Waals surface area contributed by atoms with Gasteiger partial charge in [-0.15, -0.1) is 11.3 Å². The number of thiophene rings is 1. The van der Waals surface area contributed by atoms with Crippen LogP contribution < -0.4 is 10.6 Å². The summed E-state index contributed by atoms with van der Waals surface area (Å²) in [6.07, 6.45) is -0.168. The molecule has 1 aromatic heterocycles. The summed E-state index contributed by atoms with van der Waals surface area (Å²) in [5.41, 5.74) is 3.89. The molecular weight excluding hydrogens is 292 g/mol. The Morgan fingerprint density at radius 2 is 1.86 bits per heavy atom. The highest BCUT2D eigenvalue weighted by Crippen LogP contribution is 2.35. The Morgan fingerprint density at radius 1 is 1.05 bits per heavy atom. The fourth-order valence-corrected chi connectivity index (χ4v) is 4.08. The molecule has 2 aromatic carbocycles. The first kappa shape index (κ1) is 13.3. The van der Waals surface area contributed by atoms with E-state index in [4.69, 9.17) is 0 Å². The van der Waals surface area contributed by atoms with E-state index in [1.54, 1.807) is 11.3 Å². The number of hydrogen-bond donors (Lipinski definition) is 2. The Kier molecular flexibility index (Phi) is 2.94. The fraction of sp³-hybridized carbons (Fsp3) is 0.167. The van der Waals surface area contributed by atoms with Gasteiger partial charge >= 0.3 is 0 Å². The third-order valence-electron chi connectivity index (χ3n) is 4.02. The van der Waals surface area contributed by atoms with E-state index in [1.807, 2.05) is 32.0 Å². The van der Waals surface area contributed by atoms with Gasteiger partial charge in [-0.05, 0) is 48.6 Å². The number of benzene rings is 2. The molecule has 110 valence electrons. The average molecular weight is 308 g/mol. The molecule has 1 aliphatic rings. The molecule has 1 unspecified atom stereocenters. The van der Waals surface area contributed by atoms with Crippen LogP contribution in [0, 0.1) is 13.8 Å². The summed E-state index contributed by atoms with van der Waals surface area (Å²) in [6.45, 7) is 4.05. The standard InChI is InChI=1S/C18H16N2OS/c1-10-7-11(2)16-13(8-10)18(21)20-17(19-16)15-9-12-5-3-4-6-14(12)22-15/h3-9,17,19H,1-2H3,(H,20,21). The third-order valence-corrected chi connectivity index (χ3v) is 5.20. The van der Waals surface area contributed by atoms with E-state index in [-0.39, 0.29) is 12.1 Å². The van der Waals surface area contributed by atoms with Crippen molar-refractivity contribution in [3.8, 4) is 0 Å². The Bertz CT molecular complexity index is 864. The van der Waals surface area contributed by atoms with Crippen molar-refractivity contribution < 1.29 is 4.79 Å². The quantitative estimate of drug-likeness (QED) is 0.701. The molecule has 0 saturated carbocycles. The first-order valence-corrected chi connectivity index (χ1v) is 8.10. The maximum absolute atomic E-state index is 12.4. The SMILES string of the molecule is Cc1cc(C)c2c(c1)C(=O)NC(c1cc3ccccc3s1)N2. The molecular formula is C18H16N2OS. The van der Waals surface area contributed by atoms with E-state index >= 15 is 0 Å². The van der Waals surface area contributed by atoms with Crippen molar-refractivity contribution in [1.29, 1.82) is 0 Å². The molecule has 0 saturated heterocycles. The minimum absolute atomic E-state index is 0.0111. The monoisotopic (exact) mass is 308 g/mol. The number of hydrogen-bond acceptors (Lipinski definition) is 3. The average Bonchev–Trinajstić information content (AvgIpc) is 2.92. The summed E-state index contributed by atoms with van der Waals surface area (Å²) < 4.78 is 1.24. The van der Waals surface area contributed by atoms with E-state index in [0.717, 1.165) is 27.3 Å². The summed E-state index contributed by atoms with van der Waals surface area (Å²) in [5.74, 6) is -0.0111. The van der Waals surface area contributed by atoms with Crippen molar-refractivity contribution in [2.45, 2.75) is 20.0 Å². The number of nitrogens with one attached hydrogen (secondary N) is 2. The van der Waals surface area contributed by atoms with Crippen molar-refractivity contribution in [1.82, 2.24) is 5.32 Å². The summed E-state index contributed by atoms with van der Waals surface area (Å²) in [5, 5.41) is 7.76. The predicted molar refractivity (Wildman–Crippen MR) is 91.6 cm³/mol. The molecule has 1 amide bonds. The zero-order valence-corrected chi connectivity index (χ0v) is 13.3. The van der Waals surface area contributed by atoms with Crippen LogP contribution in [-0.4, -0.2) is 5.91 Å². The van der Waals surface area contributed by atoms with Gasteiger partial charge in [0.2, 0.25) is 0 Å². The zero-order chi connectivity index (χ0) is 15.3. The van der Waals surface area contributed by atoms with E-state index in [0.29, 0.717) is 0 Å². The summed E-state index contributed by atoms with van der Waals surface area (Å²) >= 11 is 1.71. The van der Waals surface area contributed by atoms with Crippen molar-refractivity contribution in [2.24, 2.45) is 0 Å². The summed E-state index contributed by atoms with van der Waals surface area (Å²) in [7, 11) is 0. The van der Waals surface area contributed by atoms with Crippen LogP contribution in [0.4, 0.5) is 5.69 Å². The van der Waals surface area contributed by atoms with E-state index in [9.17, 15) is 4.79 Å². The fourth-order valence-electron chi connectivity index (χ4n) is 3.01. The van der Waals surface area contributed by atoms with Crippen LogP contribution >= 0.6 is 11.3 Å². The molecule has 1 atom stereocenters. The van der Waals surface area contributed by atoms with Crippen molar-refractivity contribution in [3.63, 3.8) is 0 Å². The van der Waals surface area contributed by atoms with Crippen LogP contribution in [0.15, 0.2) is 42.5 Å². The molecule has 3 nitrogen and oxygen atoms in total. The van der Waals surface area contributed by atoms with E-state index in [2.05, 4.69) is 34.9 Å². The van der Waals surface area contributed by atoms with Crippen molar-refractivity contribution >= 4 is 33.0 Å².